The normalized spacial score (nSPS) is 15.3. The number of nitrogens with one attached hydrogen (secondary N) is 1. The molecular formula is C23H31N3O2. The van der Waals surface area contributed by atoms with Crippen LogP contribution in [0.1, 0.15) is 17.5 Å². The average Bonchev–Trinajstić information content (AvgIpc) is 2.73. The third-order valence-electron chi connectivity index (χ3n) is 5.19. The van der Waals surface area contributed by atoms with E-state index in [-0.39, 0.29) is 5.91 Å². The lowest BCUT2D eigenvalue weighted by molar-refractivity contribution is -0.120. The van der Waals surface area contributed by atoms with Crippen LogP contribution in [0.5, 0.6) is 5.75 Å². The van der Waals surface area contributed by atoms with E-state index in [0.717, 1.165) is 63.5 Å². The number of hydrogen-bond donors (Lipinski definition) is 1. The van der Waals surface area contributed by atoms with Crippen LogP contribution < -0.4 is 10.1 Å². The van der Waals surface area contributed by atoms with Crippen LogP contribution in [0.15, 0.2) is 54.6 Å². The van der Waals surface area contributed by atoms with Crippen molar-refractivity contribution in [3.63, 3.8) is 0 Å². The Bertz CT molecular complexity index is 728. The molecule has 2 aromatic rings. The highest BCUT2D eigenvalue weighted by atomic mass is 16.5. The summed E-state index contributed by atoms with van der Waals surface area (Å²) in [5, 5.41) is 3.03. The fourth-order valence-corrected chi connectivity index (χ4v) is 3.57. The van der Waals surface area contributed by atoms with Gasteiger partial charge in [0.1, 0.15) is 5.75 Å². The molecule has 0 spiro atoms. The summed E-state index contributed by atoms with van der Waals surface area (Å²) in [6, 6.07) is 18.3. The molecular weight excluding hydrogens is 350 g/mol. The van der Waals surface area contributed by atoms with Gasteiger partial charge >= 0.3 is 0 Å². The summed E-state index contributed by atoms with van der Waals surface area (Å²) in [6.45, 7) is 7.23. The number of ether oxygens (including phenoxy) is 1. The van der Waals surface area contributed by atoms with Crippen LogP contribution in [-0.4, -0.2) is 62.1 Å². The smallest absolute Gasteiger partial charge is 0.224 e. The molecule has 1 saturated heterocycles. The van der Waals surface area contributed by atoms with E-state index >= 15 is 0 Å². The van der Waals surface area contributed by atoms with Crippen LogP contribution in [-0.2, 0) is 17.8 Å². The molecule has 0 aromatic heterocycles. The van der Waals surface area contributed by atoms with Crippen LogP contribution >= 0.6 is 0 Å². The fraction of sp³-hybridized carbons (Fsp3) is 0.435. The molecule has 5 nitrogen and oxygen atoms in total. The van der Waals surface area contributed by atoms with Gasteiger partial charge in [0.2, 0.25) is 5.91 Å². The third kappa shape index (κ3) is 6.66. The zero-order valence-electron chi connectivity index (χ0n) is 16.8. The first-order chi connectivity index (χ1) is 13.7. The van der Waals surface area contributed by atoms with Gasteiger partial charge in [-0.2, -0.15) is 0 Å². The molecule has 0 radical (unpaired) electrons. The number of methoxy groups -OCH3 is 1. The highest BCUT2D eigenvalue weighted by Gasteiger charge is 2.16. The van der Waals surface area contributed by atoms with E-state index in [0.29, 0.717) is 6.42 Å². The number of hydrogen-bond acceptors (Lipinski definition) is 4. The lowest BCUT2D eigenvalue weighted by atomic mass is 10.1. The molecule has 0 unspecified atom stereocenters. The molecule has 1 heterocycles. The van der Waals surface area contributed by atoms with Crippen molar-refractivity contribution in [2.75, 3.05) is 46.4 Å². The molecule has 5 heteroatoms. The van der Waals surface area contributed by atoms with Crippen molar-refractivity contribution in [1.29, 1.82) is 0 Å². The second-order valence-corrected chi connectivity index (χ2v) is 7.34. The van der Waals surface area contributed by atoms with Crippen LogP contribution in [0.3, 0.4) is 0 Å². The Kier molecular flexibility index (Phi) is 7.88. The maximum Gasteiger partial charge on any atom is 0.224 e. The van der Waals surface area contributed by atoms with Gasteiger partial charge in [-0.05, 0) is 36.2 Å². The summed E-state index contributed by atoms with van der Waals surface area (Å²) in [6.07, 6.45) is 1.39. The minimum absolute atomic E-state index is 0.0703. The predicted molar refractivity (Wildman–Crippen MR) is 112 cm³/mol. The van der Waals surface area contributed by atoms with E-state index < -0.39 is 0 Å². The van der Waals surface area contributed by atoms with E-state index in [4.69, 9.17) is 4.74 Å². The van der Waals surface area contributed by atoms with Gasteiger partial charge in [-0.3, -0.25) is 9.69 Å². The maximum absolute atomic E-state index is 12.1. The first kappa shape index (κ1) is 20.4. The molecule has 2 aromatic carbocycles. The molecule has 3 rings (SSSR count). The Balaban J connectivity index is 1.28. The van der Waals surface area contributed by atoms with E-state index in [9.17, 15) is 4.79 Å². The van der Waals surface area contributed by atoms with E-state index in [1.165, 1.54) is 5.56 Å². The van der Waals surface area contributed by atoms with Gasteiger partial charge in [0.15, 0.2) is 0 Å². The summed E-state index contributed by atoms with van der Waals surface area (Å²) >= 11 is 0. The lowest BCUT2D eigenvalue weighted by Gasteiger charge is -2.34. The first-order valence-corrected chi connectivity index (χ1v) is 10.1. The second-order valence-electron chi connectivity index (χ2n) is 7.34. The first-order valence-electron chi connectivity index (χ1n) is 10.1. The van der Waals surface area contributed by atoms with Gasteiger partial charge in [0, 0.05) is 39.3 Å². The Morgan fingerprint density at radius 1 is 0.964 bits per heavy atom. The van der Waals surface area contributed by atoms with Gasteiger partial charge in [-0.1, -0.05) is 42.5 Å². The summed E-state index contributed by atoms with van der Waals surface area (Å²) < 4.78 is 5.20. The van der Waals surface area contributed by atoms with Gasteiger partial charge in [0.05, 0.1) is 13.5 Å². The number of piperazine rings is 1. The number of carbonyl (C=O) groups is 1. The van der Waals surface area contributed by atoms with E-state index in [2.05, 4.69) is 45.4 Å². The van der Waals surface area contributed by atoms with Crippen LogP contribution in [0.25, 0.3) is 0 Å². The maximum atomic E-state index is 12.1. The molecule has 1 aliphatic heterocycles. The fourth-order valence-electron chi connectivity index (χ4n) is 3.57. The summed E-state index contributed by atoms with van der Waals surface area (Å²) in [7, 11) is 1.64. The largest absolute Gasteiger partial charge is 0.497 e. The molecule has 1 aliphatic rings. The Morgan fingerprint density at radius 2 is 1.68 bits per heavy atom. The minimum atomic E-state index is 0.0703. The van der Waals surface area contributed by atoms with Gasteiger partial charge in [-0.15, -0.1) is 0 Å². The average molecular weight is 382 g/mol. The van der Waals surface area contributed by atoms with Crippen LogP contribution in [0.2, 0.25) is 0 Å². The monoisotopic (exact) mass is 381 g/mol. The van der Waals surface area contributed by atoms with Crippen molar-refractivity contribution in [2.24, 2.45) is 0 Å². The van der Waals surface area contributed by atoms with Crippen molar-refractivity contribution >= 4 is 5.91 Å². The number of carbonyl (C=O) groups excluding carboxylic acids is 1. The third-order valence-corrected chi connectivity index (χ3v) is 5.19. The molecule has 150 valence electrons. The van der Waals surface area contributed by atoms with Crippen LogP contribution in [0, 0.1) is 0 Å². The molecule has 0 atom stereocenters. The van der Waals surface area contributed by atoms with Crippen molar-refractivity contribution < 1.29 is 9.53 Å². The summed E-state index contributed by atoms with van der Waals surface area (Å²) in [4.78, 5) is 17.1. The van der Waals surface area contributed by atoms with Gasteiger partial charge in [-0.25, -0.2) is 0 Å². The van der Waals surface area contributed by atoms with Crippen molar-refractivity contribution in [3.05, 3.63) is 65.7 Å². The summed E-state index contributed by atoms with van der Waals surface area (Å²) in [5.41, 5.74) is 2.36. The topological polar surface area (TPSA) is 44.8 Å². The van der Waals surface area contributed by atoms with Crippen LogP contribution in [0.4, 0.5) is 0 Å². The molecule has 0 saturated carbocycles. The molecule has 1 amide bonds. The Hall–Kier alpha value is -2.37. The SMILES string of the molecule is COc1cccc(CC(=O)NCCCN2CCN(Cc3ccccc3)CC2)c1. The standard InChI is InChI=1S/C23H31N3O2/c1-28-22-10-5-9-21(17-22)18-23(27)24-11-6-12-25-13-15-26(16-14-25)19-20-7-3-2-4-8-20/h2-5,7-10,17H,6,11-16,18-19H2,1H3,(H,24,27). The molecule has 0 bridgehead atoms. The van der Waals surface area contributed by atoms with Crippen molar-refractivity contribution in [1.82, 2.24) is 15.1 Å². The predicted octanol–water partition coefficient (Wildman–Crippen LogP) is 2.56. The highest BCUT2D eigenvalue weighted by Crippen LogP contribution is 2.13. The zero-order valence-corrected chi connectivity index (χ0v) is 16.8. The second kappa shape index (κ2) is 10.8. The number of nitrogens with zero attached hydrogens (tertiary/aromatic N) is 2. The van der Waals surface area contributed by atoms with E-state index in [1.807, 2.05) is 24.3 Å². The Morgan fingerprint density at radius 3 is 2.43 bits per heavy atom. The number of amides is 1. The van der Waals surface area contributed by atoms with Gasteiger partial charge < -0.3 is 15.0 Å². The van der Waals surface area contributed by atoms with Crippen molar-refractivity contribution in [2.45, 2.75) is 19.4 Å². The van der Waals surface area contributed by atoms with Crippen molar-refractivity contribution in [3.8, 4) is 5.75 Å². The minimum Gasteiger partial charge on any atom is -0.497 e. The summed E-state index contributed by atoms with van der Waals surface area (Å²) in [5.74, 6) is 0.859. The molecule has 1 fully saturated rings. The number of rotatable bonds is 9. The molecule has 28 heavy (non-hydrogen) atoms. The van der Waals surface area contributed by atoms with E-state index in [1.54, 1.807) is 7.11 Å². The van der Waals surface area contributed by atoms with Gasteiger partial charge in [0.25, 0.3) is 0 Å². The molecule has 1 N–H and O–H groups in total. The molecule has 0 aliphatic carbocycles. The highest BCUT2D eigenvalue weighted by molar-refractivity contribution is 5.78. The zero-order chi connectivity index (χ0) is 19.6. The quantitative estimate of drug-likeness (QED) is 0.678. The lowest BCUT2D eigenvalue weighted by Crippen LogP contribution is -2.46. The Labute approximate surface area is 168 Å². The number of benzene rings is 2.